The summed E-state index contributed by atoms with van der Waals surface area (Å²) in [5.74, 6) is -0.940. The minimum atomic E-state index is -4.72. The van der Waals surface area contributed by atoms with E-state index in [0.29, 0.717) is 61.3 Å². The molecule has 18 nitrogen and oxygen atoms in total. The Kier molecular flexibility index (Phi) is 23.0. The number of ketones is 1. The maximum absolute atomic E-state index is 13.2. The molecule has 1 aliphatic rings. The van der Waals surface area contributed by atoms with Crippen LogP contribution < -0.4 is 20.1 Å². The summed E-state index contributed by atoms with van der Waals surface area (Å²) in [7, 11) is -3.25. The molecule has 0 spiro atoms. The molecule has 0 radical (unpaired) electrons. The van der Waals surface area contributed by atoms with Crippen molar-refractivity contribution in [2.45, 2.75) is 132 Å². The van der Waals surface area contributed by atoms with Crippen LogP contribution in [0.1, 0.15) is 130 Å². The normalized spacial score (nSPS) is 15.4. The van der Waals surface area contributed by atoms with Crippen molar-refractivity contribution in [3.05, 3.63) is 70.8 Å². The topological polar surface area (TPSA) is 241 Å². The maximum Gasteiger partial charge on any atom is 0.472 e. The van der Waals surface area contributed by atoms with Crippen molar-refractivity contribution in [1.82, 2.24) is 10.6 Å². The molecule has 0 saturated carbocycles. The van der Waals surface area contributed by atoms with E-state index in [1.165, 1.54) is 13.2 Å². The number of phenols is 1. The lowest BCUT2D eigenvalue weighted by atomic mass is 9.76. The number of hydrogen-bond acceptors (Lipinski definition) is 15. The third kappa shape index (κ3) is 22.2. The molecule has 0 saturated heterocycles. The van der Waals surface area contributed by atoms with Gasteiger partial charge in [0, 0.05) is 37.1 Å². The van der Waals surface area contributed by atoms with Crippen LogP contribution in [0.2, 0.25) is 0 Å². The van der Waals surface area contributed by atoms with Gasteiger partial charge in [-0.3, -0.25) is 28.2 Å². The Morgan fingerprint density at radius 3 is 2.24 bits per heavy atom. The van der Waals surface area contributed by atoms with Gasteiger partial charge in [0.15, 0.2) is 30.0 Å². The van der Waals surface area contributed by atoms with E-state index in [1.54, 1.807) is 71.0 Å². The van der Waals surface area contributed by atoms with Crippen LogP contribution in [-0.2, 0) is 53.4 Å². The molecule has 0 bridgehead atoms. The fourth-order valence-corrected chi connectivity index (χ4v) is 8.59. The van der Waals surface area contributed by atoms with Crippen molar-refractivity contribution in [3.63, 3.8) is 0 Å². The molecule has 19 heteroatoms. The number of phenolic OH excluding ortho intramolecular Hbond substituents is 1. The Morgan fingerprint density at radius 1 is 0.861 bits per heavy atom. The maximum atomic E-state index is 13.2. The van der Waals surface area contributed by atoms with Crippen molar-refractivity contribution in [1.29, 1.82) is 0 Å². The quantitative estimate of drug-likeness (QED) is 0.0195. The Hall–Kier alpha value is -5.26. The number of benzene rings is 2. The predicted molar refractivity (Wildman–Crippen MR) is 272 cm³/mol. The number of methoxy groups -OCH3 is 1. The first-order valence-electron chi connectivity index (χ1n) is 24.3. The highest BCUT2D eigenvalue weighted by Crippen LogP contribution is 2.43. The van der Waals surface area contributed by atoms with Crippen molar-refractivity contribution in [3.8, 4) is 17.2 Å². The molecule has 72 heavy (non-hydrogen) atoms. The average molecular weight is 1030 g/mol. The number of amides is 2. The average Bonchev–Trinajstić information content (AvgIpc) is 3.57. The fraction of sp³-hybridized carbons (Fsp3) is 0.604. The molecule has 0 aromatic heterocycles. The minimum Gasteiger partial charge on any atom is -0.504 e. The van der Waals surface area contributed by atoms with Crippen molar-refractivity contribution < 1.29 is 76.0 Å². The van der Waals surface area contributed by atoms with Gasteiger partial charge in [0.25, 0.3) is 5.91 Å². The molecule has 2 amide bonds. The molecule has 0 heterocycles. The highest BCUT2D eigenvalue weighted by molar-refractivity contribution is 7.47. The summed E-state index contributed by atoms with van der Waals surface area (Å²) in [6.07, 6.45) is 5.64. The van der Waals surface area contributed by atoms with E-state index >= 15 is 0 Å². The lowest BCUT2D eigenvalue weighted by Gasteiger charge is -2.32. The largest absolute Gasteiger partial charge is 0.504 e. The van der Waals surface area contributed by atoms with E-state index in [-0.39, 0.29) is 48.5 Å². The highest BCUT2D eigenvalue weighted by Gasteiger charge is 2.37. The number of esters is 2. The van der Waals surface area contributed by atoms with Crippen LogP contribution in [0, 0.1) is 22.7 Å². The molecule has 3 unspecified atom stereocenters. The Bertz CT molecular complexity index is 2280. The van der Waals surface area contributed by atoms with Gasteiger partial charge in [-0.15, -0.1) is 0 Å². The van der Waals surface area contributed by atoms with Gasteiger partial charge < -0.3 is 49.1 Å². The lowest BCUT2D eigenvalue weighted by molar-refractivity contribution is -0.171. The van der Waals surface area contributed by atoms with Gasteiger partial charge in [-0.2, -0.15) is 0 Å². The van der Waals surface area contributed by atoms with E-state index in [0.717, 1.165) is 11.1 Å². The van der Waals surface area contributed by atoms with Gasteiger partial charge in [0.2, 0.25) is 0 Å². The number of hydrogen-bond donors (Lipinski definition) is 4. The van der Waals surface area contributed by atoms with Crippen LogP contribution in [-0.4, -0.2) is 110 Å². The van der Waals surface area contributed by atoms with Crippen LogP contribution in [0.5, 0.6) is 17.2 Å². The van der Waals surface area contributed by atoms with Crippen molar-refractivity contribution in [2.75, 3.05) is 53.2 Å². The number of nitrogens with one attached hydrogen (secondary N) is 2. The van der Waals surface area contributed by atoms with E-state index in [4.69, 9.17) is 37.5 Å². The number of fused-ring (bicyclic) bond motifs is 1. The molecule has 3 rings (SSSR count). The first kappa shape index (κ1) is 61.0. The summed E-state index contributed by atoms with van der Waals surface area (Å²) in [6, 6.07) is 10.1. The predicted octanol–water partition coefficient (Wildman–Crippen LogP) is 9.09. The Balaban J connectivity index is 1.36. The van der Waals surface area contributed by atoms with Crippen LogP contribution in [0.15, 0.2) is 54.1 Å². The summed E-state index contributed by atoms with van der Waals surface area (Å²) >= 11 is 0. The fourth-order valence-electron chi connectivity index (χ4n) is 7.84. The number of alkyl carbamates (subject to hydrolysis) is 1. The second kappa shape index (κ2) is 27.2. The van der Waals surface area contributed by atoms with E-state index in [2.05, 4.69) is 10.6 Å². The van der Waals surface area contributed by atoms with E-state index in [9.17, 15) is 38.5 Å². The third-order valence-electron chi connectivity index (χ3n) is 11.3. The molecular weight excluding hydrogens is 952 g/mol. The number of phosphoric acid groups is 1. The second-order valence-corrected chi connectivity index (χ2v) is 23.0. The number of carbonyl (C=O) groups is 5. The van der Waals surface area contributed by atoms with Crippen LogP contribution in [0.25, 0.3) is 6.08 Å². The van der Waals surface area contributed by atoms with E-state index < -0.39 is 74.3 Å². The molecule has 4 N–H and O–H groups in total. The summed E-state index contributed by atoms with van der Waals surface area (Å²) in [4.78, 5) is 74.7. The smallest absolute Gasteiger partial charge is 0.472 e. The van der Waals surface area contributed by atoms with Crippen LogP contribution in [0.4, 0.5) is 4.79 Å². The zero-order valence-electron chi connectivity index (χ0n) is 44.5. The number of ether oxygens (including phenoxy) is 6. The van der Waals surface area contributed by atoms with E-state index in [1.807, 2.05) is 60.6 Å². The number of aromatic hydroxyl groups is 1. The molecule has 0 fully saturated rings. The van der Waals surface area contributed by atoms with Gasteiger partial charge in [-0.25, -0.2) is 9.36 Å². The van der Waals surface area contributed by atoms with Gasteiger partial charge in [0.1, 0.15) is 18.0 Å². The minimum absolute atomic E-state index is 0.0391. The van der Waals surface area contributed by atoms with Gasteiger partial charge >= 0.3 is 25.9 Å². The number of rotatable bonds is 29. The first-order chi connectivity index (χ1) is 33.4. The number of carbonyl (C=O) groups excluding carboxylic acids is 5. The molecule has 3 atom stereocenters. The molecule has 0 aliphatic heterocycles. The molecular formula is C53H79N2O16P. The summed E-state index contributed by atoms with van der Waals surface area (Å²) in [5, 5.41) is 15.1. The summed E-state index contributed by atoms with van der Waals surface area (Å²) < 4.78 is 56.5. The Morgan fingerprint density at radius 2 is 1.57 bits per heavy atom. The first-order valence-corrected chi connectivity index (χ1v) is 25.8. The zero-order chi connectivity index (χ0) is 54.1. The van der Waals surface area contributed by atoms with Gasteiger partial charge in [-0.05, 0) is 108 Å². The second-order valence-electron chi connectivity index (χ2n) is 21.5. The number of phosphoric ester groups is 1. The number of Topliss-reactive ketones (excluding diaryl/α,β-unsaturated/α-hetero) is 1. The molecule has 1 aliphatic carbocycles. The summed E-state index contributed by atoms with van der Waals surface area (Å²) in [5.41, 5.74) is 0.0545. The third-order valence-corrected chi connectivity index (χ3v) is 12.2. The summed E-state index contributed by atoms with van der Waals surface area (Å²) in [6.45, 7) is 20.9. The lowest BCUT2D eigenvalue weighted by Crippen LogP contribution is -2.38. The number of allylic oxidation sites excluding steroid dienone is 3. The standard InChI is InChI=1S/C53H79N2O16P/c1-35(2)27-36(3)47(59)66-31-41(70-48(60)51(7,8)34-50(4,5)6)32-69-72(62,63)68-26-24-55-49(61)71-53(11,12)22-25-67-52(9,10)21-23-54-45(57)33-65-40-19-18-38-29-39(46(58)42(38)30-40)16-14-15-37-17-20-43(56)44(28-37)64-13/h14-20,28,30,35-36,41,56H,21-27,29,31-34H2,1-13H3,(H,54,57)(H,55,61)(H,62,63)/b15-14+,39-16-. The molecule has 2 aromatic carbocycles. The zero-order valence-corrected chi connectivity index (χ0v) is 45.4. The monoisotopic (exact) mass is 1030 g/mol. The van der Waals surface area contributed by atoms with Crippen LogP contribution in [0.3, 0.4) is 0 Å². The highest BCUT2D eigenvalue weighted by atomic mass is 31.2. The van der Waals surface area contributed by atoms with Gasteiger partial charge in [-0.1, -0.05) is 71.9 Å². The van der Waals surface area contributed by atoms with Gasteiger partial charge in [0.05, 0.1) is 43.9 Å². The molecule has 402 valence electrons. The van der Waals surface area contributed by atoms with Crippen LogP contribution >= 0.6 is 7.82 Å². The Labute approximate surface area is 425 Å². The van der Waals surface area contributed by atoms with Crippen molar-refractivity contribution in [2.24, 2.45) is 22.7 Å². The molecule has 2 aromatic rings. The van der Waals surface area contributed by atoms with Crippen molar-refractivity contribution >= 4 is 43.6 Å². The SMILES string of the molecule is COc1cc(/C=C/C=C2/Cc3ccc(OCC(=O)NCCC(C)(C)OCCC(C)(C)OC(=O)NCCOP(=O)(O)OCC(COC(=O)C(C)CC(C)C)OC(=O)C(C)(C)CC(C)(C)C)cc3C2=O)ccc1O.